The molecule has 1 heterocycles. The van der Waals surface area contributed by atoms with Crippen molar-refractivity contribution >= 4 is 5.96 Å². The van der Waals surface area contributed by atoms with E-state index < -0.39 is 0 Å². The van der Waals surface area contributed by atoms with E-state index in [0.29, 0.717) is 12.5 Å². The van der Waals surface area contributed by atoms with Gasteiger partial charge in [-0.3, -0.25) is 9.67 Å². The van der Waals surface area contributed by atoms with Gasteiger partial charge in [-0.2, -0.15) is 5.10 Å². The van der Waals surface area contributed by atoms with Gasteiger partial charge < -0.3 is 15.0 Å². The van der Waals surface area contributed by atoms with Gasteiger partial charge >= 0.3 is 0 Å². The summed E-state index contributed by atoms with van der Waals surface area (Å²) in [4.78, 5) is 6.53. The molecule has 6 nitrogen and oxygen atoms in total. The molecule has 0 aliphatic rings. The van der Waals surface area contributed by atoms with Gasteiger partial charge in [0.15, 0.2) is 5.96 Å². The molecule has 0 saturated carbocycles. The van der Waals surface area contributed by atoms with E-state index in [1.165, 1.54) is 5.56 Å². The largest absolute Gasteiger partial charge is 0.496 e. The number of hydrogen-bond acceptors (Lipinski definition) is 3. The Balaban J connectivity index is 2.04. The molecule has 1 aromatic carbocycles. The number of hydrogen-bond donors (Lipinski definition) is 1. The van der Waals surface area contributed by atoms with E-state index in [4.69, 9.17) is 4.74 Å². The molecule has 0 saturated heterocycles. The van der Waals surface area contributed by atoms with Crippen molar-refractivity contribution < 1.29 is 4.74 Å². The third-order valence-electron chi connectivity index (χ3n) is 4.39. The molecule has 2 aromatic rings. The smallest absolute Gasteiger partial charge is 0.193 e. The van der Waals surface area contributed by atoms with Crippen LogP contribution in [0.5, 0.6) is 5.75 Å². The summed E-state index contributed by atoms with van der Waals surface area (Å²) in [6.07, 6.45) is 2.09. The molecule has 1 aromatic heterocycles. The molecule has 0 radical (unpaired) electrons. The molecule has 0 spiro atoms. The van der Waals surface area contributed by atoms with E-state index in [1.807, 2.05) is 25.7 Å². The van der Waals surface area contributed by atoms with Crippen molar-refractivity contribution in [1.29, 1.82) is 0 Å². The highest BCUT2D eigenvalue weighted by molar-refractivity contribution is 5.79. The lowest BCUT2D eigenvalue weighted by molar-refractivity contribution is 0.411. The average Bonchev–Trinajstić information content (AvgIpc) is 2.97. The molecule has 1 N–H and O–H groups in total. The van der Waals surface area contributed by atoms with Gasteiger partial charge in [-0.05, 0) is 30.0 Å². The number of aryl methyl sites for hydroxylation is 2. The maximum absolute atomic E-state index is 5.41. The molecule has 0 fully saturated rings. The first-order valence-electron chi connectivity index (χ1n) is 8.93. The van der Waals surface area contributed by atoms with Crippen LogP contribution in [-0.2, 0) is 20.1 Å². The van der Waals surface area contributed by atoms with Crippen LogP contribution in [0.1, 0.15) is 42.1 Å². The van der Waals surface area contributed by atoms with Crippen LogP contribution in [-0.4, -0.2) is 41.8 Å². The predicted molar refractivity (Wildman–Crippen MR) is 107 cm³/mol. The van der Waals surface area contributed by atoms with E-state index in [1.54, 1.807) is 14.2 Å². The summed E-state index contributed by atoms with van der Waals surface area (Å²) in [5.74, 6) is 2.15. The summed E-state index contributed by atoms with van der Waals surface area (Å²) in [6, 6.07) is 6.25. The zero-order valence-corrected chi connectivity index (χ0v) is 17.0. The fraction of sp³-hybridized carbons (Fsp3) is 0.500. The molecule has 0 atom stereocenters. The molecular weight excluding hydrogens is 326 g/mol. The van der Waals surface area contributed by atoms with E-state index in [0.717, 1.165) is 35.1 Å². The lowest BCUT2D eigenvalue weighted by atomic mass is 10.1. The monoisotopic (exact) mass is 357 g/mol. The standard InChI is InChI=1S/C20H31N5O/c1-14(2)19-17(13-25(6)23-19)12-24(5)20(21-4)22-11-16-9-8-15(3)18(10-16)26-7/h8-10,13-14H,11-12H2,1-7H3,(H,21,22). The molecule has 26 heavy (non-hydrogen) atoms. The van der Waals surface area contributed by atoms with Gasteiger partial charge in [0.1, 0.15) is 5.75 Å². The van der Waals surface area contributed by atoms with Crippen LogP contribution in [0.3, 0.4) is 0 Å². The van der Waals surface area contributed by atoms with Crippen molar-refractivity contribution in [1.82, 2.24) is 20.0 Å². The van der Waals surface area contributed by atoms with Crippen LogP contribution in [0, 0.1) is 6.92 Å². The molecule has 0 aliphatic heterocycles. The molecule has 0 unspecified atom stereocenters. The van der Waals surface area contributed by atoms with Crippen LogP contribution >= 0.6 is 0 Å². The Morgan fingerprint density at radius 1 is 1.38 bits per heavy atom. The number of ether oxygens (including phenoxy) is 1. The normalized spacial score (nSPS) is 11.8. The van der Waals surface area contributed by atoms with Crippen LogP contribution < -0.4 is 10.1 Å². The second-order valence-corrected chi connectivity index (χ2v) is 6.93. The number of guanidine groups is 1. The lowest BCUT2D eigenvalue weighted by Gasteiger charge is -2.22. The van der Waals surface area contributed by atoms with Crippen molar-refractivity contribution in [3.63, 3.8) is 0 Å². The second-order valence-electron chi connectivity index (χ2n) is 6.93. The Kier molecular flexibility index (Phi) is 6.66. The van der Waals surface area contributed by atoms with Gasteiger partial charge in [0.25, 0.3) is 0 Å². The summed E-state index contributed by atoms with van der Waals surface area (Å²) in [7, 11) is 7.52. The van der Waals surface area contributed by atoms with Crippen molar-refractivity contribution in [2.45, 2.75) is 39.8 Å². The Bertz CT molecular complexity index is 764. The number of benzene rings is 1. The van der Waals surface area contributed by atoms with Gasteiger partial charge in [-0.1, -0.05) is 26.0 Å². The highest BCUT2D eigenvalue weighted by Gasteiger charge is 2.15. The summed E-state index contributed by atoms with van der Waals surface area (Å²) < 4.78 is 7.29. The molecule has 0 amide bonds. The number of methoxy groups -OCH3 is 1. The second kappa shape index (κ2) is 8.74. The van der Waals surface area contributed by atoms with Crippen molar-refractivity contribution in [3.8, 4) is 5.75 Å². The van der Waals surface area contributed by atoms with Gasteiger partial charge in [-0.25, -0.2) is 0 Å². The number of nitrogens with zero attached hydrogens (tertiary/aromatic N) is 4. The fourth-order valence-electron chi connectivity index (χ4n) is 3.03. The van der Waals surface area contributed by atoms with Crippen LogP contribution in [0.15, 0.2) is 29.4 Å². The zero-order chi connectivity index (χ0) is 19.3. The first-order chi connectivity index (χ1) is 12.3. The Labute approximate surface area is 156 Å². The highest BCUT2D eigenvalue weighted by atomic mass is 16.5. The van der Waals surface area contributed by atoms with E-state index in [-0.39, 0.29) is 0 Å². The SMILES string of the molecule is CN=C(NCc1ccc(C)c(OC)c1)N(C)Cc1cn(C)nc1C(C)C. The van der Waals surface area contributed by atoms with Crippen LogP contribution in [0.2, 0.25) is 0 Å². The van der Waals surface area contributed by atoms with Crippen molar-refractivity contribution in [3.05, 3.63) is 46.8 Å². The topological polar surface area (TPSA) is 54.7 Å². The molecule has 6 heteroatoms. The summed E-state index contributed by atoms with van der Waals surface area (Å²) in [5, 5.41) is 8.01. The first kappa shape index (κ1) is 19.8. The van der Waals surface area contributed by atoms with E-state index in [9.17, 15) is 0 Å². The maximum atomic E-state index is 5.41. The van der Waals surface area contributed by atoms with Gasteiger partial charge in [-0.15, -0.1) is 0 Å². The molecule has 0 bridgehead atoms. The third-order valence-corrected chi connectivity index (χ3v) is 4.39. The number of aromatic nitrogens is 2. The molecule has 2 rings (SSSR count). The molecule has 142 valence electrons. The first-order valence-corrected chi connectivity index (χ1v) is 8.93. The minimum Gasteiger partial charge on any atom is -0.496 e. The Morgan fingerprint density at radius 3 is 2.73 bits per heavy atom. The van der Waals surface area contributed by atoms with Crippen molar-refractivity contribution in [2.24, 2.45) is 12.0 Å². The maximum Gasteiger partial charge on any atom is 0.193 e. The van der Waals surface area contributed by atoms with Crippen molar-refractivity contribution in [2.75, 3.05) is 21.2 Å². The van der Waals surface area contributed by atoms with Gasteiger partial charge in [0.2, 0.25) is 0 Å². The van der Waals surface area contributed by atoms with E-state index in [2.05, 4.69) is 58.6 Å². The number of nitrogens with one attached hydrogen (secondary N) is 1. The summed E-state index contributed by atoms with van der Waals surface area (Å²) in [5.41, 5.74) is 4.66. The minimum atomic E-state index is 0.398. The van der Waals surface area contributed by atoms with Gasteiger partial charge in [0.05, 0.1) is 12.8 Å². The molecule has 0 aliphatic carbocycles. The Hall–Kier alpha value is -2.50. The predicted octanol–water partition coefficient (Wildman–Crippen LogP) is 3.07. The quantitative estimate of drug-likeness (QED) is 0.638. The average molecular weight is 358 g/mol. The molecular formula is C20H31N5O. The number of aliphatic imine (C=N–C) groups is 1. The third kappa shape index (κ3) is 4.77. The van der Waals surface area contributed by atoms with Crippen LogP contribution in [0.25, 0.3) is 0 Å². The van der Waals surface area contributed by atoms with Crippen LogP contribution in [0.4, 0.5) is 0 Å². The minimum absolute atomic E-state index is 0.398. The summed E-state index contributed by atoms with van der Waals surface area (Å²) >= 11 is 0. The summed E-state index contributed by atoms with van der Waals surface area (Å²) in [6.45, 7) is 7.84. The van der Waals surface area contributed by atoms with Gasteiger partial charge in [0, 0.05) is 46.0 Å². The lowest BCUT2D eigenvalue weighted by Crippen LogP contribution is -2.38. The number of rotatable bonds is 6. The fourth-order valence-corrected chi connectivity index (χ4v) is 3.03. The van der Waals surface area contributed by atoms with E-state index >= 15 is 0 Å². The highest BCUT2D eigenvalue weighted by Crippen LogP contribution is 2.20. The Morgan fingerprint density at radius 2 is 2.12 bits per heavy atom. The zero-order valence-electron chi connectivity index (χ0n) is 17.0.